The predicted octanol–water partition coefficient (Wildman–Crippen LogP) is 1.54. The number of esters is 2. The molecule has 0 spiro atoms. The lowest BCUT2D eigenvalue weighted by atomic mass is 10.0. The highest BCUT2D eigenvalue weighted by molar-refractivity contribution is 6.38. The molecule has 1 rings (SSSR count). The number of Topliss-reactive ketones (excluding diaryl/α,β-unsaturated/α-hetero) is 2. The minimum absolute atomic E-state index is 0.0226. The van der Waals surface area contributed by atoms with Crippen molar-refractivity contribution >= 4 is 29.2 Å². The quantitative estimate of drug-likeness (QED) is 0.288. The van der Waals surface area contributed by atoms with Crippen LogP contribution < -0.4 is 5.73 Å². The highest BCUT2D eigenvalue weighted by Gasteiger charge is 2.25. The molecule has 0 amide bonds. The Morgan fingerprint density at radius 3 is 2.17 bits per heavy atom. The van der Waals surface area contributed by atoms with E-state index in [0.717, 1.165) is 7.11 Å². The van der Waals surface area contributed by atoms with Crippen molar-refractivity contribution in [1.82, 2.24) is 0 Å². The molecule has 0 bridgehead atoms. The van der Waals surface area contributed by atoms with Crippen LogP contribution in [0.3, 0.4) is 0 Å². The minimum atomic E-state index is -1.11. The summed E-state index contributed by atoms with van der Waals surface area (Å²) in [6.45, 7) is 5.10. The number of anilines is 1. The number of para-hydroxylation sites is 1. The Balaban J connectivity index is 3.05. The third-order valence-electron chi connectivity index (χ3n) is 2.76. The summed E-state index contributed by atoms with van der Waals surface area (Å²) in [5, 5.41) is 0. The van der Waals surface area contributed by atoms with Crippen molar-refractivity contribution in [2.75, 3.05) is 12.8 Å². The van der Waals surface area contributed by atoms with Crippen LogP contribution in [0.15, 0.2) is 18.2 Å². The zero-order valence-corrected chi connectivity index (χ0v) is 13.5. The van der Waals surface area contributed by atoms with Crippen molar-refractivity contribution in [2.45, 2.75) is 32.8 Å². The Hall–Kier alpha value is -2.70. The zero-order chi connectivity index (χ0) is 17.8. The normalized spacial score (nSPS) is 10.8. The third kappa shape index (κ3) is 4.91. The Bertz CT molecular complexity index is 657. The van der Waals surface area contributed by atoms with Crippen LogP contribution in [0.2, 0.25) is 0 Å². The number of carbonyl (C=O) groups is 4. The molecule has 0 saturated carbocycles. The Morgan fingerprint density at radius 2 is 1.65 bits per heavy atom. The fraction of sp³-hybridized carbons (Fsp3) is 0.375. The number of nitrogens with two attached hydrogens (primary N) is 1. The van der Waals surface area contributed by atoms with Gasteiger partial charge in [-0.3, -0.25) is 9.59 Å². The lowest BCUT2D eigenvalue weighted by Gasteiger charge is -2.20. The lowest BCUT2D eigenvalue weighted by Crippen LogP contribution is -2.25. The van der Waals surface area contributed by atoms with E-state index >= 15 is 0 Å². The molecule has 0 aliphatic carbocycles. The van der Waals surface area contributed by atoms with Gasteiger partial charge in [0.25, 0.3) is 0 Å². The summed E-state index contributed by atoms with van der Waals surface area (Å²) >= 11 is 0. The fourth-order valence-corrected chi connectivity index (χ4v) is 1.75. The second-order valence-corrected chi connectivity index (χ2v) is 5.78. The first-order valence-electron chi connectivity index (χ1n) is 6.83. The molecule has 1 aromatic carbocycles. The van der Waals surface area contributed by atoms with Crippen LogP contribution in [0, 0.1) is 0 Å². The zero-order valence-electron chi connectivity index (χ0n) is 13.5. The van der Waals surface area contributed by atoms with Gasteiger partial charge in [0.15, 0.2) is 5.78 Å². The van der Waals surface area contributed by atoms with Crippen molar-refractivity contribution in [1.29, 1.82) is 0 Å². The van der Waals surface area contributed by atoms with E-state index < -0.39 is 35.5 Å². The van der Waals surface area contributed by atoms with E-state index in [9.17, 15) is 19.2 Å². The number of benzene rings is 1. The van der Waals surface area contributed by atoms with Crippen molar-refractivity contribution in [3.05, 3.63) is 29.3 Å². The predicted molar refractivity (Wildman–Crippen MR) is 82.0 cm³/mol. The van der Waals surface area contributed by atoms with Gasteiger partial charge in [0.1, 0.15) is 5.60 Å². The van der Waals surface area contributed by atoms with Crippen LogP contribution in [-0.4, -0.2) is 36.2 Å². The number of hydrogen-bond acceptors (Lipinski definition) is 7. The lowest BCUT2D eigenvalue weighted by molar-refractivity contribution is -0.151. The van der Waals surface area contributed by atoms with E-state index in [1.165, 1.54) is 18.2 Å². The summed E-state index contributed by atoms with van der Waals surface area (Å²) in [5.74, 6) is -3.45. The second kappa shape index (κ2) is 7.04. The van der Waals surface area contributed by atoms with E-state index in [0.29, 0.717) is 0 Å². The monoisotopic (exact) mass is 321 g/mol. The van der Waals surface area contributed by atoms with Crippen molar-refractivity contribution < 1.29 is 28.7 Å². The molecule has 0 radical (unpaired) electrons. The molecule has 0 saturated heterocycles. The van der Waals surface area contributed by atoms with E-state index in [1.807, 2.05) is 0 Å². The number of hydrogen-bond donors (Lipinski definition) is 1. The van der Waals surface area contributed by atoms with Crippen LogP contribution in [0.4, 0.5) is 5.69 Å². The summed E-state index contributed by atoms with van der Waals surface area (Å²) < 4.78 is 9.45. The van der Waals surface area contributed by atoms with Crippen LogP contribution in [-0.2, 0) is 19.1 Å². The molecule has 7 heteroatoms. The van der Waals surface area contributed by atoms with Crippen LogP contribution in [0.25, 0.3) is 0 Å². The Kier molecular flexibility index (Phi) is 5.62. The van der Waals surface area contributed by atoms with E-state index in [4.69, 9.17) is 10.5 Å². The first kappa shape index (κ1) is 18.3. The van der Waals surface area contributed by atoms with Crippen LogP contribution in [0.1, 0.15) is 47.9 Å². The average molecular weight is 321 g/mol. The summed E-state index contributed by atoms with van der Waals surface area (Å²) in [6, 6.07) is 4.24. The maximum absolute atomic E-state index is 12.1. The number of nitrogen functional groups attached to an aromatic ring is 1. The maximum Gasteiger partial charge on any atom is 0.374 e. The minimum Gasteiger partial charge on any atom is -0.463 e. The van der Waals surface area contributed by atoms with E-state index in [2.05, 4.69) is 4.74 Å². The number of rotatable bonds is 5. The van der Waals surface area contributed by atoms with Gasteiger partial charge in [0, 0.05) is 5.56 Å². The second-order valence-electron chi connectivity index (χ2n) is 5.78. The number of methoxy groups -OCH3 is 1. The smallest absolute Gasteiger partial charge is 0.374 e. The van der Waals surface area contributed by atoms with E-state index in [-0.39, 0.29) is 16.8 Å². The van der Waals surface area contributed by atoms with Gasteiger partial charge < -0.3 is 15.2 Å². The molecular formula is C16H19NO6. The molecule has 0 heterocycles. The van der Waals surface area contributed by atoms with Crippen molar-refractivity contribution in [3.63, 3.8) is 0 Å². The Morgan fingerprint density at radius 1 is 1.09 bits per heavy atom. The first-order chi connectivity index (χ1) is 10.6. The van der Waals surface area contributed by atoms with Crippen molar-refractivity contribution in [2.24, 2.45) is 0 Å². The third-order valence-corrected chi connectivity index (χ3v) is 2.76. The molecule has 0 aliphatic heterocycles. The largest absolute Gasteiger partial charge is 0.463 e. The van der Waals surface area contributed by atoms with Crippen LogP contribution >= 0.6 is 0 Å². The summed E-state index contributed by atoms with van der Waals surface area (Å²) in [4.78, 5) is 46.7. The molecule has 0 aromatic heterocycles. The van der Waals surface area contributed by atoms with Gasteiger partial charge in [0.05, 0.1) is 24.8 Å². The maximum atomic E-state index is 12.1. The highest BCUT2D eigenvalue weighted by atomic mass is 16.6. The fourth-order valence-electron chi connectivity index (χ4n) is 1.75. The van der Waals surface area contributed by atoms with Gasteiger partial charge in [-0.2, -0.15) is 0 Å². The number of ketones is 2. The van der Waals surface area contributed by atoms with E-state index in [1.54, 1.807) is 20.8 Å². The molecule has 0 atom stereocenters. The number of ether oxygens (including phenoxy) is 2. The topological polar surface area (TPSA) is 113 Å². The molecule has 2 N–H and O–H groups in total. The van der Waals surface area contributed by atoms with Crippen LogP contribution in [0.5, 0.6) is 0 Å². The SMILES string of the molecule is COC(=O)C(=O)CC(=O)c1cccc(C(=O)OC(C)(C)C)c1N. The molecule has 0 unspecified atom stereocenters. The highest BCUT2D eigenvalue weighted by Crippen LogP contribution is 2.22. The van der Waals surface area contributed by atoms with Gasteiger partial charge in [0.2, 0.25) is 5.78 Å². The standard InChI is InChI=1S/C16H19NO6/c1-16(2,3)23-14(20)10-7-5-6-9(13(10)17)11(18)8-12(19)15(21)22-4/h5-7H,8,17H2,1-4H3. The van der Waals surface area contributed by atoms with Gasteiger partial charge >= 0.3 is 11.9 Å². The van der Waals surface area contributed by atoms with Gasteiger partial charge in [-0.05, 0) is 32.9 Å². The molecule has 1 aromatic rings. The molecule has 124 valence electrons. The molecule has 0 fully saturated rings. The molecular weight excluding hydrogens is 302 g/mol. The van der Waals surface area contributed by atoms with Crippen molar-refractivity contribution in [3.8, 4) is 0 Å². The Labute approximate surface area is 133 Å². The molecule has 23 heavy (non-hydrogen) atoms. The summed E-state index contributed by atoms with van der Waals surface area (Å²) in [6.07, 6.45) is -0.686. The summed E-state index contributed by atoms with van der Waals surface area (Å²) in [7, 11) is 1.04. The van der Waals surface area contributed by atoms with Gasteiger partial charge in [-0.25, -0.2) is 9.59 Å². The first-order valence-corrected chi connectivity index (χ1v) is 6.83. The molecule has 7 nitrogen and oxygen atoms in total. The molecule has 0 aliphatic rings. The van der Waals surface area contributed by atoms with Gasteiger partial charge in [-0.15, -0.1) is 0 Å². The average Bonchev–Trinajstić information content (AvgIpc) is 2.44. The number of carbonyl (C=O) groups excluding carboxylic acids is 4. The summed E-state index contributed by atoms with van der Waals surface area (Å²) in [5.41, 5.74) is 5.03. The van der Waals surface area contributed by atoms with Gasteiger partial charge in [-0.1, -0.05) is 6.07 Å².